The highest BCUT2D eigenvalue weighted by Crippen LogP contribution is 2.55. The molecule has 0 aliphatic heterocycles. The average molecular weight is 283 g/mol. The Morgan fingerprint density at radius 1 is 1.24 bits per heavy atom. The van der Waals surface area contributed by atoms with Crippen molar-refractivity contribution < 1.29 is 0 Å². The van der Waals surface area contributed by atoms with Gasteiger partial charge in [-0.15, -0.1) is 0 Å². The summed E-state index contributed by atoms with van der Waals surface area (Å²) in [4.78, 5) is 4.90. The molecule has 3 heteroatoms. The Bertz CT molecular complexity index is 635. The zero-order valence-electron chi connectivity index (χ0n) is 13.0. The molecule has 2 saturated carbocycles. The summed E-state index contributed by atoms with van der Waals surface area (Å²) in [6, 6.07) is 9.09. The van der Waals surface area contributed by atoms with Crippen molar-refractivity contribution in [1.29, 1.82) is 0 Å². The number of para-hydroxylation sites is 2. The molecule has 21 heavy (non-hydrogen) atoms. The normalized spacial score (nSPS) is 28.8. The molecule has 0 spiro atoms. The van der Waals surface area contributed by atoms with Gasteiger partial charge in [-0.3, -0.25) is 0 Å². The fourth-order valence-electron chi connectivity index (χ4n) is 4.43. The van der Waals surface area contributed by atoms with Crippen molar-refractivity contribution in [2.75, 3.05) is 7.05 Å². The molecule has 2 aliphatic rings. The number of nitrogens with one attached hydrogen (secondary N) is 1. The molecule has 0 bridgehead atoms. The van der Waals surface area contributed by atoms with E-state index in [1.54, 1.807) is 0 Å². The molecule has 4 rings (SSSR count). The van der Waals surface area contributed by atoms with Crippen LogP contribution in [0.25, 0.3) is 11.0 Å². The fraction of sp³-hybridized carbons (Fsp3) is 0.611. The van der Waals surface area contributed by atoms with E-state index in [0.717, 1.165) is 36.2 Å². The Morgan fingerprint density at radius 3 is 2.71 bits per heavy atom. The Hall–Kier alpha value is -1.35. The number of hydrogen-bond acceptors (Lipinski definition) is 2. The van der Waals surface area contributed by atoms with Crippen molar-refractivity contribution in [3.05, 3.63) is 30.1 Å². The number of likely N-dealkylation sites (N-methyl/N-ethyl adjacent to an activating group) is 1. The van der Waals surface area contributed by atoms with Crippen molar-refractivity contribution in [1.82, 2.24) is 14.9 Å². The van der Waals surface area contributed by atoms with E-state index >= 15 is 0 Å². The zero-order valence-corrected chi connectivity index (χ0v) is 13.0. The minimum absolute atomic E-state index is 0.583. The number of benzene rings is 1. The molecule has 3 unspecified atom stereocenters. The maximum Gasteiger partial charge on any atom is 0.111 e. The molecule has 2 fully saturated rings. The third kappa shape index (κ3) is 2.28. The summed E-state index contributed by atoms with van der Waals surface area (Å²) in [6.45, 7) is 3.22. The van der Waals surface area contributed by atoms with Gasteiger partial charge in [0.25, 0.3) is 0 Å². The van der Waals surface area contributed by atoms with Crippen LogP contribution in [0.15, 0.2) is 24.3 Å². The molecule has 112 valence electrons. The van der Waals surface area contributed by atoms with E-state index in [1.807, 2.05) is 0 Å². The first-order chi connectivity index (χ1) is 10.3. The molecular weight excluding hydrogens is 258 g/mol. The first kappa shape index (κ1) is 13.3. The quantitative estimate of drug-likeness (QED) is 0.913. The number of imidazole rings is 1. The van der Waals surface area contributed by atoms with Crippen LogP contribution in [0.4, 0.5) is 0 Å². The van der Waals surface area contributed by atoms with E-state index in [9.17, 15) is 0 Å². The standard InChI is InChI=1S/C18H25N3/c1-3-21-17-7-5-4-6-15(17)20-18(21)11-16(19-2)14-9-12-8-13(12)10-14/h4-7,12-14,16,19H,3,8-11H2,1-2H3. The monoisotopic (exact) mass is 283 g/mol. The Labute approximate surface area is 126 Å². The van der Waals surface area contributed by atoms with Gasteiger partial charge < -0.3 is 9.88 Å². The molecule has 1 aromatic carbocycles. The topological polar surface area (TPSA) is 29.9 Å². The summed E-state index contributed by atoms with van der Waals surface area (Å²) in [6.07, 6.45) is 5.43. The SMILES string of the molecule is CCn1c(CC(NC)C2CC3CC3C2)nc2ccccc21. The molecule has 0 radical (unpaired) electrons. The summed E-state index contributed by atoms with van der Waals surface area (Å²) in [5, 5.41) is 3.58. The van der Waals surface area contributed by atoms with Gasteiger partial charge in [-0.25, -0.2) is 4.98 Å². The number of hydrogen-bond donors (Lipinski definition) is 1. The van der Waals surface area contributed by atoms with Gasteiger partial charge in [0.1, 0.15) is 5.82 Å². The molecule has 2 aliphatic carbocycles. The summed E-state index contributed by atoms with van der Waals surface area (Å²) >= 11 is 0. The molecule has 2 aromatic rings. The fourth-order valence-corrected chi connectivity index (χ4v) is 4.43. The van der Waals surface area contributed by atoms with Crippen LogP contribution < -0.4 is 5.32 Å². The van der Waals surface area contributed by atoms with Gasteiger partial charge in [-0.2, -0.15) is 0 Å². The van der Waals surface area contributed by atoms with Crippen LogP contribution in [0, 0.1) is 17.8 Å². The summed E-state index contributed by atoms with van der Waals surface area (Å²) in [7, 11) is 2.12. The number of aryl methyl sites for hydroxylation is 1. The van der Waals surface area contributed by atoms with Gasteiger partial charge >= 0.3 is 0 Å². The number of aromatic nitrogens is 2. The molecule has 1 aromatic heterocycles. The predicted molar refractivity (Wildman–Crippen MR) is 86.3 cm³/mol. The molecule has 3 atom stereocenters. The second-order valence-electron chi connectivity index (χ2n) is 6.85. The highest BCUT2D eigenvalue weighted by molar-refractivity contribution is 5.75. The van der Waals surface area contributed by atoms with Crippen LogP contribution in [0.1, 0.15) is 32.0 Å². The van der Waals surface area contributed by atoms with E-state index in [2.05, 4.69) is 48.1 Å². The Balaban J connectivity index is 1.60. The first-order valence-corrected chi connectivity index (χ1v) is 8.41. The lowest BCUT2D eigenvalue weighted by molar-refractivity contribution is 0.342. The van der Waals surface area contributed by atoms with E-state index in [1.165, 1.54) is 30.6 Å². The van der Waals surface area contributed by atoms with E-state index < -0.39 is 0 Å². The number of nitrogens with zero attached hydrogens (tertiary/aromatic N) is 2. The lowest BCUT2D eigenvalue weighted by atomic mass is 9.92. The molecule has 1 heterocycles. The van der Waals surface area contributed by atoms with E-state index in [-0.39, 0.29) is 0 Å². The maximum absolute atomic E-state index is 4.90. The minimum atomic E-state index is 0.583. The minimum Gasteiger partial charge on any atom is -0.328 e. The largest absolute Gasteiger partial charge is 0.328 e. The molecule has 3 nitrogen and oxygen atoms in total. The molecule has 0 amide bonds. The van der Waals surface area contributed by atoms with Crippen molar-refractivity contribution in [2.24, 2.45) is 17.8 Å². The highest BCUT2D eigenvalue weighted by atomic mass is 15.1. The van der Waals surface area contributed by atoms with Crippen molar-refractivity contribution in [3.8, 4) is 0 Å². The summed E-state index contributed by atoms with van der Waals surface area (Å²) in [5.74, 6) is 4.20. The van der Waals surface area contributed by atoms with E-state index in [4.69, 9.17) is 4.98 Å². The first-order valence-electron chi connectivity index (χ1n) is 8.41. The van der Waals surface area contributed by atoms with Gasteiger partial charge in [0.05, 0.1) is 11.0 Å². The van der Waals surface area contributed by atoms with Crippen LogP contribution in [0.2, 0.25) is 0 Å². The van der Waals surface area contributed by atoms with Crippen molar-refractivity contribution >= 4 is 11.0 Å². The van der Waals surface area contributed by atoms with Crippen LogP contribution in [0.5, 0.6) is 0 Å². The van der Waals surface area contributed by atoms with Crippen LogP contribution in [-0.2, 0) is 13.0 Å². The summed E-state index contributed by atoms with van der Waals surface area (Å²) in [5.41, 5.74) is 2.41. The molecule has 1 N–H and O–H groups in total. The smallest absolute Gasteiger partial charge is 0.111 e. The lowest BCUT2D eigenvalue weighted by Crippen LogP contribution is -2.35. The van der Waals surface area contributed by atoms with Crippen molar-refractivity contribution in [2.45, 2.75) is 45.2 Å². The highest BCUT2D eigenvalue weighted by Gasteiger charge is 2.47. The maximum atomic E-state index is 4.90. The van der Waals surface area contributed by atoms with Crippen LogP contribution in [0.3, 0.4) is 0 Å². The van der Waals surface area contributed by atoms with Gasteiger partial charge in [0.2, 0.25) is 0 Å². The zero-order chi connectivity index (χ0) is 14.4. The second-order valence-corrected chi connectivity index (χ2v) is 6.85. The van der Waals surface area contributed by atoms with Gasteiger partial charge in [0, 0.05) is 19.0 Å². The van der Waals surface area contributed by atoms with Gasteiger partial charge in [0.15, 0.2) is 0 Å². The summed E-state index contributed by atoms with van der Waals surface area (Å²) < 4.78 is 2.38. The number of rotatable bonds is 5. The third-order valence-corrected chi connectivity index (χ3v) is 5.67. The molecule has 0 saturated heterocycles. The van der Waals surface area contributed by atoms with E-state index in [0.29, 0.717) is 6.04 Å². The third-order valence-electron chi connectivity index (χ3n) is 5.67. The van der Waals surface area contributed by atoms with Gasteiger partial charge in [-0.05, 0) is 63.1 Å². The average Bonchev–Trinajstić information content (AvgIpc) is 2.97. The Morgan fingerprint density at radius 2 is 2.00 bits per heavy atom. The Kier molecular flexibility index (Phi) is 3.26. The molecular formula is C18H25N3. The lowest BCUT2D eigenvalue weighted by Gasteiger charge is -2.24. The second kappa shape index (κ2) is 5.13. The number of fused-ring (bicyclic) bond motifs is 2. The van der Waals surface area contributed by atoms with Crippen LogP contribution >= 0.6 is 0 Å². The van der Waals surface area contributed by atoms with Gasteiger partial charge in [-0.1, -0.05) is 12.1 Å². The van der Waals surface area contributed by atoms with Crippen LogP contribution in [-0.4, -0.2) is 22.6 Å². The predicted octanol–water partition coefficient (Wildman–Crippen LogP) is 3.23. The van der Waals surface area contributed by atoms with Crippen molar-refractivity contribution in [3.63, 3.8) is 0 Å².